The molecule has 0 saturated carbocycles. The van der Waals surface area contributed by atoms with E-state index < -0.39 is 5.97 Å². The van der Waals surface area contributed by atoms with Gasteiger partial charge in [-0.1, -0.05) is 13.3 Å². The molecule has 0 aliphatic heterocycles. The summed E-state index contributed by atoms with van der Waals surface area (Å²) < 4.78 is 5.63. The Balaban J connectivity index is 2.58. The number of rotatable bonds is 6. The van der Waals surface area contributed by atoms with Crippen molar-refractivity contribution in [1.82, 2.24) is 4.98 Å². The predicted octanol–water partition coefficient (Wildman–Crippen LogP) is 2.75. The molecule has 4 heteroatoms. The summed E-state index contributed by atoms with van der Waals surface area (Å²) in [5, 5.41) is 8.47. The topological polar surface area (TPSA) is 59.4 Å². The van der Waals surface area contributed by atoms with Gasteiger partial charge in [0.2, 0.25) is 0 Å². The number of carboxylic acid groups (broad SMARTS) is 1. The number of hydrogen-bond donors (Lipinski definition) is 1. The first-order chi connectivity index (χ1) is 8.11. The van der Waals surface area contributed by atoms with Crippen molar-refractivity contribution in [1.29, 1.82) is 0 Å². The van der Waals surface area contributed by atoms with Gasteiger partial charge in [0.1, 0.15) is 5.75 Å². The molecule has 1 rings (SSSR count). The molecule has 0 aliphatic rings. The molecule has 0 aromatic carbocycles. The van der Waals surface area contributed by atoms with Crippen LogP contribution >= 0.6 is 0 Å². The number of aliphatic carboxylic acids is 1. The van der Waals surface area contributed by atoms with E-state index >= 15 is 0 Å². The third-order valence-corrected chi connectivity index (χ3v) is 2.19. The average molecular weight is 235 g/mol. The standard InChI is InChI=1S/C13H17NO3/c1-3-4-10(2)17-12-7-5-11(14-9-12)6-8-13(15)16/h5-10H,3-4H2,1-2H3,(H,15,16)/b8-6+. The van der Waals surface area contributed by atoms with Crippen molar-refractivity contribution < 1.29 is 14.6 Å². The van der Waals surface area contributed by atoms with Crippen LogP contribution in [0.4, 0.5) is 0 Å². The highest BCUT2D eigenvalue weighted by Crippen LogP contribution is 2.13. The van der Waals surface area contributed by atoms with Crippen molar-refractivity contribution in [3.05, 3.63) is 30.1 Å². The van der Waals surface area contributed by atoms with Crippen molar-refractivity contribution in [2.24, 2.45) is 0 Å². The van der Waals surface area contributed by atoms with Crippen molar-refractivity contribution >= 4 is 12.0 Å². The molecule has 0 aliphatic carbocycles. The van der Waals surface area contributed by atoms with Crippen LogP contribution in [-0.4, -0.2) is 22.2 Å². The van der Waals surface area contributed by atoms with Gasteiger partial charge in [-0.05, 0) is 31.6 Å². The van der Waals surface area contributed by atoms with E-state index in [4.69, 9.17) is 9.84 Å². The fourth-order valence-electron chi connectivity index (χ4n) is 1.41. The molecule has 1 atom stereocenters. The summed E-state index contributed by atoms with van der Waals surface area (Å²) >= 11 is 0. The molecule has 0 saturated heterocycles. The first kappa shape index (κ1) is 13.2. The molecule has 0 fully saturated rings. The Labute approximate surface area is 101 Å². The molecule has 0 radical (unpaired) electrons. The maximum Gasteiger partial charge on any atom is 0.328 e. The van der Waals surface area contributed by atoms with Gasteiger partial charge < -0.3 is 9.84 Å². The van der Waals surface area contributed by atoms with Gasteiger partial charge in [-0.15, -0.1) is 0 Å². The summed E-state index contributed by atoms with van der Waals surface area (Å²) in [5.74, 6) is -0.276. The van der Waals surface area contributed by atoms with Crippen LogP contribution in [0.1, 0.15) is 32.4 Å². The second-order valence-corrected chi connectivity index (χ2v) is 3.81. The number of nitrogens with zero attached hydrogens (tertiary/aromatic N) is 1. The lowest BCUT2D eigenvalue weighted by Crippen LogP contribution is -2.11. The first-order valence-electron chi connectivity index (χ1n) is 5.65. The van der Waals surface area contributed by atoms with Crippen LogP contribution in [0.3, 0.4) is 0 Å². The maximum absolute atomic E-state index is 10.3. The summed E-state index contributed by atoms with van der Waals surface area (Å²) in [6.45, 7) is 4.12. The molecule has 1 aromatic heterocycles. The number of carbonyl (C=O) groups is 1. The van der Waals surface area contributed by atoms with E-state index in [1.165, 1.54) is 6.08 Å². The highest BCUT2D eigenvalue weighted by atomic mass is 16.5. The molecule has 1 unspecified atom stereocenters. The monoisotopic (exact) mass is 235 g/mol. The molecule has 1 N–H and O–H groups in total. The van der Waals surface area contributed by atoms with Crippen molar-refractivity contribution in [2.75, 3.05) is 0 Å². The summed E-state index contributed by atoms with van der Waals surface area (Å²) in [6.07, 6.45) is 6.36. The Bertz CT molecular complexity index is 384. The summed E-state index contributed by atoms with van der Waals surface area (Å²) in [7, 11) is 0. The highest BCUT2D eigenvalue weighted by Gasteiger charge is 2.02. The number of pyridine rings is 1. The lowest BCUT2D eigenvalue weighted by molar-refractivity contribution is -0.131. The second kappa shape index (κ2) is 6.68. The lowest BCUT2D eigenvalue weighted by Gasteiger charge is -2.13. The molecule has 17 heavy (non-hydrogen) atoms. The molecule has 0 amide bonds. The number of ether oxygens (including phenoxy) is 1. The predicted molar refractivity (Wildman–Crippen MR) is 65.9 cm³/mol. The molecule has 0 bridgehead atoms. The number of aromatic nitrogens is 1. The lowest BCUT2D eigenvalue weighted by atomic mass is 10.2. The van der Waals surface area contributed by atoms with Crippen LogP contribution in [0, 0.1) is 0 Å². The highest BCUT2D eigenvalue weighted by molar-refractivity contribution is 5.84. The van der Waals surface area contributed by atoms with Crippen LogP contribution in [0.5, 0.6) is 5.75 Å². The van der Waals surface area contributed by atoms with Gasteiger partial charge in [-0.3, -0.25) is 4.98 Å². The largest absolute Gasteiger partial charge is 0.489 e. The van der Waals surface area contributed by atoms with Crippen LogP contribution in [-0.2, 0) is 4.79 Å². The van der Waals surface area contributed by atoms with E-state index in [9.17, 15) is 4.79 Å². The average Bonchev–Trinajstić information content (AvgIpc) is 2.28. The van der Waals surface area contributed by atoms with Crippen LogP contribution < -0.4 is 4.74 Å². The van der Waals surface area contributed by atoms with Crippen molar-refractivity contribution in [3.8, 4) is 5.75 Å². The Hall–Kier alpha value is -1.84. The summed E-state index contributed by atoms with van der Waals surface area (Å²) in [5.41, 5.74) is 0.600. The first-order valence-corrected chi connectivity index (χ1v) is 5.65. The summed E-state index contributed by atoms with van der Waals surface area (Å²) in [6, 6.07) is 3.52. The van der Waals surface area contributed by atoms with Gasteiger partial charge in [0.25, 0.3) is 0 Å². The van der Waals surface area contributed by atoms with Gasteiger partial charge in [-0.2, -0.15) is 0 Å². The van der Waals surface area contributed by atoms with Crippen LogP contribution in [0.2, 0.25) is 0 Å². The fraction of sp³-hybridized carbons (Fsp3) is 0.385. The van der Waals surface area contributed by atoms with E-state index in [0.29, 0.717) is 11.4 Å². The Kier molecular flexibility index (Phi) is 5.20. The van der Waals surface area contributed by atoms with Crippen molar-refractivity contribution in [3.63, 3.8) is 0 Å². The van der Waals surface area contributed by atoms with E-state index in [1.807, 2.05) is 6.92 Å². The zero-order valence-corrected chi connectivity index (χ0v) is 10.1. The molecular weight excluding hydrogens is 218 g/mol. The fourth-order valence-corrected chi connectivity index (χ4v) is 1.41. The van der Waals surface area contributed by atoms with Gasteiger partial charge in [0, 0.05) is 6.08 Å². The number of carboxylic acids is 1. The minimum Gasteiger partial charge on any atom is -0.489 e. The Morgan fingerprint density at radius 2 is 2.35 bits per heavy atom. The SMILES string of the molecule is CCCC(C)Oc1ccc(/C=C/C(=O)O)nc1. The molecule has 1 heterocycles. The molecule has 92 valence electrons. The normalized spacial score (nSPS) is 12.6. The molecule has 0 spiro atoms. The molecule has 1 aromatic rings. The summed E-state index contributed by atoms with van der Waals surface area (Å²) in [4.78, 5) is 14.4. The van der Waals surface area contributed by atoms with Gasteiger partial charge in [-0.25, -0.2) is 4.79 Å². The van der Waals surface area contributed by atoms with E-state index in [1.54, 1.807) is 18.3 Å². The molecule has 4 nitrogen and oxygen atoms in total. The smallest absolute Gasteiger partial charge is 0.328 e. The zero-order chi connectivity index (χ0) is 12.7. The maximum atomic E-state index is 10.3. The zero-order valence-electron chi connectivity index (χ0n) is 10.1. The van der Waals surface area contributed by atoms with Gasteiger partial charge >= 0.3 is 5.97 Å². The van der Waals surface area contributed by atoms with E-state index in [-0.39, 0.29) is 6.10 Å². The quantitative estimate of drug-likeness (QED) is 0.770. The minimum atomic E-state index is -0.983. The molecular formula is C13H17NO3. The van der Waals surface area contributed by atoms with Gasteiger partial charge in [0.15, 0.2) is 0 Å². The third-order valence-electron chi connectivity index (χ3n) is 2.19. The van der Waals surface area contributed by atoms with E-state index in [2.05, 4.69) is 11.9 Å². The van der Waals surface area contributed by atoms with Gasteiger partial charge in [0.05, 0.1) is 18.0 Å². The second-order valence-electron chi connectivity index (χ2n) is 3.81. The van der Waals surface area contributed by atoms with E-state index in [0.717, 1.165) is 18.9 Å². The Morgan fingerprint density at radius 3 is 2.88 bits per heavy atom. The Morgan fingerprint density at radius 1 is 1.59 bits per heavy atom. The minimum absolute atomic E-state index is 0.169. The van der Waals surface area contributed by atoms with Crippen LogP contribution in [0.15, 0.2) is 24.4 Å². The van der Waals surface area contributed by atoms with Crippen molar-refractivity contribution in [2.45, 2.75) is 32.8 Å². The third kappa shape index (κ3) is 5.15. The van der Waals surface area contributed by atoms with Crippen LogP contribution in [0.25, 0.3) is 6.08 Å². The number of hydrogen-bond acceptors (Lipinski definition) is 3.